The predicted octanol–water partition coefficient (Wildman–Crippen LogP) is 4.89. The molecule has 0 atom stereocenters. The first-order chi connectivity index (χ1) is 14.2. The number of nitriles is 1. The summed E-state index contributed by atoms with van der Waals surface area (Å²) < 4.78 is 5.69. The van der Waals surface area contributed by atoms with Gasteiger partial charge in [0.1, 0.15) is 17.4 Å². The minimum atomic E-state index is -0.349. The molecule has 3 aromatic carbocycles. The van der Waals surface area contributed by atoms with Gasteiger partial charge in [0.25, 0.3) is 5.91 Å². The third kappa shape index (κ3) is 5.24. The fourth-order valence-corrected chi connectivity index (χ4v) is 3.24. The highest BCUT2D eigenvalue weighted by Crippen LogP contribution is 2.29. The van der Waals surface area contributed by atoms with Crippen LogP contribution in [-0.4, -0.2) is 19.1 Å². The number of carbonyl (C=O) groups is 1. The van der Waals surface area contributed by atoms with Gasteiger partial charge in [-0.2, -0.15) is 5.26 Å². The maximum absolute atomic E-state index is 12.5. The molecule has 0 fully saturated rings. The normalized spacial score (nSPS) is 11.1. The molecule has 29 heavy (non-hydrogen) atoms. The summed E-state index contributed by atoms with van der Waals surface area (Å²) in [5.41, 5.74) is 2.15. The van der Waals surface area contributed by atoms with E-state index in [0.29, 0.717) is 13.2 Å². The number of hydrogen-bond acceptors (Lipinski definition) is 3. The van der Waals surface area contributed by atoms with Gasteiger partial charge in [0, 0.05) is 11.9 Å². The molecule has 4 heteroatoms. The van der Waals surface area contributed by atoms with Crippen LogP contribution in [0.25, 0.3) is 16.8 Å². The summed E-state index contributed by atoms with van der Waals surface area (Å²) in [6.07, 6.45) is 3.35. The van der Waals surface area contributed by atoms with Gasteiger partial charge < -0.3 is 10.1 Å². The van der Waals surface area contributed by atoms with Crippen molar-refractivity contribution in [3.8, 4) is 11.8 Å². The van der Waals surface area contributed by atoms with E-state index in [1.165, 1.54) is 5.56 Å². The van der Waals surface area contributed by atoms with E-state index in [1.807, 2.05) is 67.6 Å². The van der Waals surface area contributed by atoms with Crippen LogP contribution in [0.15, 0.2) is 72.3 Å². The van der Waals surface area contributed by atoms with Gasteiger partial charge in [-0.3, -0.25) is 4.79 Å². The molecule has 1 amide bonds. The van der Waals surface area contributed by atoms with E-state index in [2.05, 4.69) is 17.4 Å². The van der Waals surface area contributed by atoms with Gasteiger partial charge in [-0.15, -0.1) is 0 Å². The highest BCUT2D eigenvalue weighted by atomic mass is 16.5. The van der Waals surface area contributed by atoms with Crippen LogP contribution in [0.5, 0.6) is 5.75 Å². The Bertz CT molecular complexity index is 1050. The third-order valence-electron chi connectivity index (χ3n) is 4.65. The highest BCUT2D eigenvalue weighted by molar-refractivity contribution is 6.04. The van der Waals surface area contributed by atoms with Crippen LogP contribution in [0.4, 0.5) is 0 Å². The van der Waals surface area contributed by atoms with Crippen LogP contribution < -0.4 is 10.1 Å². The number of benzene rings is 3. The molecule has 146 valence electrons. The third-order valence-corrected chi connectivity index (χ3v) is 4.65. The summed E-state index contributed by atoms with van der Waals surface area (Å²) in [6, 6.07) is 23.8. The van der Waals surface area contributed by atoms with Crippen molar-refractivity contribution in [2.24, 2.45) is 0 Å². The number of fused-ring (bicyclic) bond motifs is 1. The number of carbonyl (C=O) groups excluding carboxylic acids is 1. The first-order valence-corrected chi connectivity index (χ1v) is 9.81. The van der Waals surface area contributed by atoms with Gasteiger partial charge in [0.2, 0.25) is 0 Å². The first-order valence-electron chi connectivity index (χ1n) is 9.81. The zero-order chi connectivity index (χ0) is 20.5. The lowest BCUT2D eigenvalue weighted by Gasteiger charge is -2.10. The molecule has 0 radical (unpaired) electrons. The molecule has 0 aliphatic carbocycles. The fraction of sp³-hybridized carbons (Fsp3) is 0.200. The molecule has 0 aliphatic rings. The van der Waals surface area contributed by atoms with E-state index < -0.39 is 0 Å². The van der Waals surface area contributed by atoms with Gasteiger partial charge in [0.05, 0.1) is 6.61 Å². The van der Waals surface area contributed by atoms with Crippen molar-refractivity contribution >= 4 is 22.8 Å². The Morgan fingerprint density at radius 1 is 1.03 bits per heavy atom. The molecule has 0 saturated carbocycles. The van der Waals surface area contributed by atoms with E-state index >= 15 is 0 Å². The molecule has 0 spiro atoms. The maximum Gasteiger partial charge on any atom is 0.261 e. The molecule has 0 aliphatic heterocycles. The van der Waals surface area contributed by atoms with E-state index in [4.69, 9.17) is 4.74 Å². The highest BCUT2D eigenvalue weighted by Gasteiger charge is 2.11. The van der Waals surface area contributed by atoms with Crippen LogP contribution >= 0.6 is 0 Å². The van der Waals surface area contributed by atoms with Gasteiger partial charge >= 0.3 is 0 Å². The Balaban J connectivity index is 1.71. The van der Waals surface area contributed by atoms with Crippen LogP contribution in [0, 0.1) is 11.3 Å². The number of aryl methyl sites for hydroxylation is 1. The Hall–Kier alpha value is -3.58. The van der Waals surface area contributed by atoms with Crippen LogP contribution in [0.1, 0.15) is 24.5 Å². The molecule has 4 nitrogen and oxygen atoms in total. The van der Waals surface area contributed by atoms with Crippen molar-refractivity contribution < 1.29 is 9.53 Å². The second-order valence-corrected chi connectivity index (χ2v) is 6.65. The summed E-state index contributed by atoms with van der Waals surface area (Å²) in [6.45, 7) is 3.04. The maximum atomic E-state index is 12.5. The lowest BCUT2D eigenvalue weighted by molar-refractivity contribution is -0.117. The standard InChI is InChI=1S/C25H24N2O2/c1-2-29-24-15-14-20(22-12-6-7-13-23(22)24)17-21(18-26)25(28)27-16-8-11-19-9-4-3-5-10-19/h3-7,9-10,12-15,17H,2,8,11,16H2,1H3,(H,27,28)/b21-17-. The van der Waals surface area contributed by atoms with E-state index in [1.54, 1.807) is 6.08 Å². The number of amides is 1. The zero-order valence-electron chi connectivity index (χ0n) is 16.5. The molecule has 0 unspecified atom stereocenters. The summed E-state index contributed by atoms with van der Waals surface area (Å²) in [7, 11) is 0. The van der Waals surface area contributed by atoms with E-state index in [9.17, 15) is 10.1 Å². The molecular weight excluding hydrogens is 360 g/mol. The Kier molecular flexibility index (Phi) is 7.02. The molecule has 0 bridgehead atoms. The SMILES string of the molecule is CCOc1ccc(/C=C(/C#N)C(=O)NCCCc2ccccc2)c2ccccc12. The summed E-state index contributed by atoms with van der Waals surface area (Å²) in [4.78, 5) is 12.5. The first kappa shape index (κ1) is 20.2. The van der Waals surface area contributed by atoms with Crippen molar-refractivity contribution in [3.63, 3.8) is 0 Å². The Labute approximate surface area is 171 Å². The fourth-order valence-electron chi connectivity index (χ4n) is 3.24. The van der Waals surface area contributed by atoms with Crippen molar-refractivity contribution in [1.82, 2.24) is 5.32 Å². The smallest absolute Gasteiger partial charge is 0.261 e. The number of nitrogens with zero attached hydrogens (tertiary/aromatic N) is 1. The van der Waals surface area contributed by atoms with Crippen LogP contribution in [0.2, 0.25) is 0 Å². The molecule has 0 saturated heterocycles. The quantitative estimate of drug-likeness (QED) is 0.341. The van der Waals surface area contributed by atoms with Crippen molar-refractivity contribution in [2.75, 3.05) is 13.2 Å². The lowest BCUT2D eigenvalue weighted by atomic mass is 10.0. The Morgan fingerprint density at radius 2 is 1.76 bits per heavy atom. The minimum Gasteiger partial charge on any atom is -0.493 e. The average molecular weight is 384 g/mol. The molecule has 0 aromatic heterocycles. The summed E-state index contributed by atoms with van der Waals surface area (Å²) in [5, 5.41) is 14.3. The van der Waals surface area contributed by atoms with Crippen molar-refractivity contribution in [2.45, 2.75) is 19.8 Å². The topological polar surface area (TPSA) is 62.1 Å². The number of ether oxygens (including phenoxy) is 1. The van der Waals surface area contributed by atoms with E-state index in [-0.39, 0.29) is 11.5 Å². The lowest BCUT2D eigenvalue weighted by Crippen LogP contribution is -2.25. The number of rotatable bonds is 8. The second-order valence-electron chi connectivity index (χ2n) is 6.65. The number of hydrogen-bond donors (Lipinski definition) is 1. The summed E-state index contributed by atoms with van der Waals surface area (Å²) in [5.74, 6) is 0.447. The molecule has 0 heterocycles. The van der Waals surface area contributed by atoms with E-state index in [0.717, 1.165) is 34.9 Å². The number of nitrogens with one attached hydrogen (secondary N) is 1. The van der Waals surface area contributed by atoms with Gasteiger partial charge in [-0.1, -0.05) is 60.7 Å². The molecule has 3 aromatic rings. The van der Waals surface area contributed by atoms with Gasteiger partial charge in [-0.25, -0.2) is 0 Å². The molecule has 3 rings (SSSR count). The van der Waals surface area contributed by atoms with Crippen LogP contribution in [-0.2, 0) is 11.2 Å². The van der Waals surface area contributed by atoms with Gasteiger partial charge in [0.15, 0.2) is 0 Å². The monoisotopic (exact) mass is 384 g/mol. The van der Waals surface area contributed by atoms with Crippen molar-refractivity contribution in [1.29, 1.82) is 5.26 Å². The van der Waals surface area contributed by atoms with Crippen molar-refractivity contribution in [3.05, 3.63) is 83.4 Å². The largest absolute Gasteiger partial charge is 0.493 e. The molecular formula is C25H24N2O2. The average Bonchev–Trinajstić information content (AvgIpc) is 2.77. The predicted molar refractivity (Wildman–Crippen MR) is 116 cm³/mol. The van der Waals surface area contributed by atoms with Crippen LogP contribution in [0.3, 0.4) is 0 Å². The second kappa shape index (κ2) is 10.1. The Morgan fingerprint density at radius 3 is 2.48 bits per heavy atom. The molecule has 1 N–H and O–H groups in total. The zero-order valence-corrected chi connectivity index (χ0v) is 16.5. The summed E-state index contributed by atoms with van der Waals surface area (Å²) >= 11 is 0. The minimum absolute atomic E-state index is 0.0963. The van der Waals surface area contributed by atoms with Gasteiger partial charge in [-0.05, 0) is 48.4 Å².